The maximum Gasteiger partial charge on any atom is 0.228 e. The highest BCUT2D eigenvalue weighted by Gasteiger charge is 2.15. The summed E-state index contributed by atoms with van der Waals surface area (Å²) in [6.07, 6.45) is 5.68. The molecule has 0 radical (unpaired) electrons. The number of benzene rings is 1. The van der Waals surface area contributed by atoms with Gasteiger partial charge in [-0.15, -0.1) is 0 Å². The monoisotopic (exact) mass is 390 g/mol. The molecule has 0 aliphatic rings. The second-order valence-electron chi connectivity index (χ2n) is 6.75. The van der Waals surface area contributed by atoms with Crippen molar-refractivity contribution in [3.8, 4) is 11.3 Å². The zero-order valence-corrected chi connectivity index (χ0v) is 16.9. The summed E-state index contributed by atoms with van der Waals surface area (Å²) in [6, 6.07) is 14.2. The van der Waals surface area contributed by atoms with Crippen LogP contribution in [0.5, 0.6) is 0 Å². The Balaban J connectivity index is 1.69. The summed E-state index contributed by atoms with van der Waals surface area (Å²) in [7, 11) is 0. The minimum Gasteiger partial charge on any atom is -0.350 e. The maximum absolute atomic E-state index is 4.66. The summed E-state index contributed by atoms with van der Waals surface area (Å²) in [4.78, 5) is 13.8. The molecule has 1 N–H and O–H groups in total. The van der Waals surface area contributed by atoms with E-state index < -0.39 is 0 Å². The fraction of sp³-hybridized carbons (Fsp3) is 0.238. The lowest BCUT2D eigenvalue weighted by molar-refractivity contribution is 0.824. The number of thioether (sulfide) groups is 1. The molecular formula is C21H22N6S. The molecule has 7 heteroatoms. The predicted molar refractivity (Wildman–Crippen MR) is 114 cm³/mol. The molecular weight excluding hydrogens is 368 g/mol. The number of pyridine rings is 1. The van der Waals surface area contributed by atoms with Crippen molar-refractivity contribution >= 4 is 23.4 Å². The third-order valence-electron chi connectivity index (χ3n) is 4.57. The fourth-order valence-corrected chi connectivity index (χ4v) is 3.46. The number of nitrogens with zero attached hydrogens (tertiary/aromatic N) is 5. The van der Waals surface area contributed by atoms with Crippen LogP contribution >= 0.6 is 11.8 Å². The van der Waals surface area contributed by atoms with Gasteiger partial charge in [-0.1, -0.05) is 55.9 Å². The van der Waals surface area contributed by atoms with Gasteiger partial charge in [0.2, 0.25) is 5.95 Å². The van der Waals surface area contributed by atoms with Crippen LogP contribution in [0.4, 0.5) is 5.95 Å². The Morgan fingerprint density at radius 2 is 1.89 bits per heavy atom. The van der Waals surface area contributed by atoms with Gasteiger partial charge >= 0.3 is 0 Å². The molecule has 0 aliphatic heterocycles. The Kier molecular flexibility index (Phi) is 5.25. The molecule has 6 nitrogen and oxygen atoms in total. The highest BCUT2D eigenvalue weighted by molar-refractivity contribution is 7.98. The van der Waals surface area contributed by atoms with E-state index in [9.17, 15) is 0 Å². The maximum atomic E-state index is 4.66. The van der Waals surface area contributed by atoms with Gasteiger partial charge in [0.25, 0.3) is 0 Å². The Labute approximate surface area is 168 Å². The molecule has 28 heavy (non-hydrogen) atoms. The average Bonchev–Trinajstić information content (AvgIpc) is 3.17. The van der Waals surface area contributed by atoms with E-state index in [0.717, 1.165) is 33.2 Å². The lowest BCUT2D eigenvalue weighted by Crippen LogP contribution is -2.10. The van der Waals surface area contributed by atoms with Gasteiger partial charge in [0.15, 0.2) is 10.8 Å². The van der Waals surface area contributed by atoms with E-state index >= 15 is 0 Å². The SMILES string of the molecule is CSc1nc(NCc2ccccc2-c2ccccn2)n2ncc(C(C)C)c2n1. The van der Waals surface area contributed by atoms with Gasteiger partial charge in [-0.05, 0) is 29.9 Å². The summed E-state index contributed by atoms with van der Waals surface area (Å²) in [5, 5.41) is 8.70. The average molecular weight is 391 g/mol. The van der Waals surface area contributed by atoms with E-state index in [1.165, 1.54) is 11.8 Å². The zero-order valence-electron chi connectivity index (χ0n) is 16.1. The molecule has 3 heterocycles. The largest absolute Gasteiger partial charge is 0.350 e. The number of anilines is 1. The Hall–Kier alpha value is -2.93. The van der Waals surface area contributed by atoms with Crippen LogP contribution in [-0.4, -0.2) is 30.8 Å². The van der Waals surface area contributed by atoms with Crippen molar-refractivity contribution < 1.29 is 0 Å². The first-order valence-electron chi connectivity index (χ1n) is 9.20. The topological polar surface area (TPSA) is 68.0 Å². The lowest BCUT2D eigenvalue weighted by atomic mass is 10.0. The smallest absolute Gasteiger partial charge is 0.228 e. The highest BCUT2D eigenvalue weighted by Crippen LogP contribution is 2.25. The van der Waals surface area contributed by atoms with E-state index in [2.05, 4.69) is 51.3 Å². The summed E-state index contributed by atoms with van der Waals surface area (Å²) in [5.41, 5.74) is 5.19. The molecule has 0 saturated carbocycles. The molecule has 142 valence electrons. The number of fused-ring (bicyclic) bond motifs is 1. The van der Waals surface area contributed by atoms with E-state index in [-0.39, 0.29) is 0 Å². The highest BCUT2D eigenvalue weighted by atomic mass is 32.2. The van der Waals surface area contributed by atoms with Gasteiger partial charge in [0, 0.05) is 23.9 Å². The molecule has 4 aromatic rings. The molecule has 0 bridgehead atoms. The van der Waals surface area contributed by atoms with Crippen LogP contribution in [0.15, 0.2) is 60.0 Å². The van der Waals surface area contributed by atoms with Crippen molar-refractivity contribution in [2.75, 3.05) is 11.6 Å². The molecule has 3 aromatic heterocycles. The second kappa shape index (κ2) is 7.98. The van der Waals surface area contributed by atoms with Crippen LogP contribution in [0.3, 0.4) is 0 Å². The molecule has 1 aromatic carbocycles. The minimum absolute atomic E-state index is 0.347. The summed E-state index contributed by atoms with van der Waals surface area (Å²) in [6.45, 7) is 4.91. The molecule has 0 aliphatic carbocycles. The van der Waals surface area contributed by atoms with Crippen molar-refractivity contribution in [2.24, 2.45) is 0 Å². The molecule has 0 amide bonds. The Morgan fingerprint density at radius 1 is 1.07 bits per heavy atom. The quantitative estimate of drug-likeness (QED) is 0.484. The van der Waals surface area contributed by atoms with E-state index in [4.69, 9.17) is 0 Å². The first kappa shape index (κ1) is 18.4. The fourth-order valence-electron chi connectivity index (χ4n) is 3.11. The standard InChI is InChI=1S/C21H22N6S/c1-14(2)17-13-24-27-19(17)25-21(28-3)26-20(27)23-12-15-8-4-5-9-16(15)18-10-6-7-11-22-18/h4-11,13-14H,12H2,1-3H3,(H,23,25,26). The van der Waals surface area contributed by atoms with Gasteiger partial charge in [-0.3, -0.25) is 4.98 Å². The zero-order chi connectivity index (χ0) is 19.5. The van der Waals surface area contributed by atoms with Crippen molar-refractivity contribution in [2.45, 2.75) is 31.5 Å². The number of hydrogen-bond donors (Lipinski definition) is 1. The van der Waals surface area contributed by atoms with Gasteiger partial charge in [0.1, 0.15) is 0 Å². The van der Waals surface area contributed by atoms with Crippen LogP contribution in [0.25, 0.3) is 16.9 Å². The molecule has 0 spiro atoms. The van der Waals surface area contributed by atoms with Crippen molar-refractivity contribution in [3.05, 3.63) is 66.0 Å². The minimum atomic E-state index is 0.347. The second-order valence-corrected chi connectivity index (χ2v) is 7.52. The van der Waals surface area contributed by atoms with Crippen LogP contribution in [0, 0.1) is 0 Å². The van der Waals surface area contributed by atoms with Crippen LogP contribution < -0.4 is 5.32 Å². The predicted octanol–water partition coefficient (Wildman–Crippen LogP) is 4.64. The Bertz CT molecular complexity index is 1090. The molecule has 4 rings (SSSR count). The van der Waals surface area contributed by atoms with Gasteiger partial charge < -0.3 is 5.32 Å². The number of hydrogen-bond acceptors (Lipinski definition) is 6. The number of nitrogens with one attached hydrogen (secondary N) is 1. The van der Waals surface area contributed by atoms with Gasteiger partial charge in [-0.2, -0.15) is 14.6 Å². The van der Waals surface area contributed by atoms with Gasteiger partial charge in [0.05, 0.1) is 11.9 Å². The molecule has 0 atom stereocenters. The number of aromatic nitrogens is 5. The van der Waals surface area contributed by atoms with Crippen molar-refractivity contribution in [3.63, 3.8) is 0 Å². The third-order valence-corrected chi connectivity index (χ3v) is 5.12. The van der Waals surface area contributed by atoms with E-state index in [0.29, 0.717) is 18.4 Å². The molecule has 0 saturated heterocycles. The first-order chi connectivity index (χ1) is 13.7. The van der Waals surface area contributed by atoms with Gasteiger partial charge in [-0.25, -0.2) is 4.98 Å². The summed E-state index contributed by atoms with van der Waals surface area (Å²) in [5.74, 6) is 1.04. The van der Waals surface area contributed by atoms with Crippen LogP contribution in [0.2, 0.25) is 0 Å². The van der Waals surface area contributed by atoms with Crippen molar-refractivity contribution in [1.82, 2.24) is 24.6 Å². The summed E-state index contributed by atoms with van der Waals surface area (Å²) >= 11 is 1.53. The summed E-state index contributed by atoms with van der Waals surface area (Å²) < 4.78 is 1.79. The third kappa shape index (κ3) is 3.57. The van der Waals surface area contributed by atoms with Crippen molar-refractivity contribution in [1.29, 1.82) is 0 Å². The normalized spacial score (nSPS) is 11.3. The van der Waals surface area contributed by atoms with E-state index in [1.807, 2.05) is 49.0 Å². The van der Waals surface area contributed by atoms with Crippen LogP contribution in [-0.2, 0) is 6.54 Å². The number of rotatable bonds is 6. The first-order valence-corrected chi connectivity index (χ1v) is 10.4. The Morgan fingerprint density at radius 3 is 2.64 bits per heavy atom. The van der Waals surface area contributed by atoms with Crippen LogP contribution in [0.1, 0.15) is 30.9 Å². The lowest BCUT2D eigenvalue weighted by Gasteiger charge is -2.12. The molecule has 0 unspecified atom stereocenters. The molecule has 0 fully saturated rings. The van der Waals surface area contributed by atoms with E-state index in [1.54, 1.807) is 4.52 Å².